The first kappa shape index (κ1) is 11.6. The molecule has 2 heterocycles. The van der Waals surface area contributed by atoms with Crippen molar-refractivity contribution in [1.29, 1.82) is 0 Å². The highest BCUT2D eigenvalue weighted by Crippen LogP contribution is 2.09. The average Bonchev–Trinajstić information content (AvgIpc) is 2.90. The van der Waals surface area contributed by atoms with Gasteiger partial charge in [0, 0.05) is 18.9 Å². The topological polar surface area (TPSA) is 44.0 Å². The van der Waals surface area contributed by atoms with E-state index in [0.29, 0.717) is 5.92 Å². The first-order valence-electron chi connectivity index (χ1n) is 6.26. The van der Waals surface area contributed by atoms with Gasteiger partial charge in [-0.3, -0.25) is 0 Å². The molecule has 1 unspecified atom stereocenters. The SMILES string of the molecule is CC(CNCc1ncc[nH]1)CN1CCCC1. The van der Waals surface area contributed by atoms with Crippen LogP contribution in [0.3, 0.4) is 0 Å². The Labute approximate surface area is 97.4 Å². The third-order valence-electron chi connectivity index (χ3n) is 3.11. The van der Waals surface area contributed by atoms with Crippen LogP contribution in [-0.4, -0.2) is 41.0 Å². The van der Waals surface area contributed by atoms with Gasteiger partial charge in [0.05, 0.1) is 6.54 Å². The fraction of sp³-hybridized carbons (Fsp3) is 0.750. The number of aromatic nitrogens is 2. The summed E-state index contributed by atoms with van der Waals surface area (Å²) in [5.74, 6) is 1.74. The van der Waals surface area contributed by atoms with Gasteiger partial charge in [0.15, 0.2) is 0 Å². The van der Waals surface area contributed by atoms with Crippen LogP contribution in [0.1, 0.15) is 25.6 Å². The lowest BCUT2D eigenvalue weighted by Crippen LogP contribution is -2.31. The molecule has 4 nitrogen and oxygen atoms in total. The summed E-state index contributed by atoms with van der Waals surface area (Å²) >= 11 is 0. The number of likely N-dealkylation sites (tertiary alicyclic amines) is 1. The summed E-state index contributed by atoms with van der Waals surface area (Å²) in [4.78, 5) is 9.86. The van der Waals surface area contributed by atoms with Gasteiger partial charge < -0.3 is 15.2 Å². The lowest BCUT2D eigenvalue weighted by atomic mass is 10.1. The Morgan fingerprint density at radius 1 is 1.50 bits per heavy atom. The van der Waals surface area contributed by atoms with Crippen molar-refractivity contribution in [2.24, 2.45) is 5.92 Å². The molecule has 90 valence electrons. The highest BCUT2D eigenvalue weighted by Gasteiger charge is 2.14. The van der Waals surface area contributed by atoms with Gasteiger partial charge in [-0.15, -0.1) is 0 Å². The number of rotatable bonds is 6. The smallest absolute Gasteiger partial charge is 0.120 e. The summed E-state index contributed by atoms with van der Waals surface area (Å²) in [7, 11) is 0. The van der Waals surface area contributed by atoms with Gasteiger partial charge >= 0.3 is 0 Å². The maximum absolute atomic E-state index is 4.19. The predicted octanol–water partition coefficient (Wildman–Crippen LogP) is 1.23. The third kappa shape index (κ3) is 3.61. The first-order chi connectivity index (χ1) is 7.84. The second-order valence-electron chi connectivity index (χ2n) is 4.78. The average molecular weight is 222 g/mol. The van der Waals surface area contributed by atoms with Crippen molar-refractivity contribution in [3.8, 4) is 0 Å². The summed E-state index contributed by atoms with van der Waals surface area (Å²) in [6.45, 7) is 8.04. The lowest BCUT2D eigenvalue weighted by Gasteiger charge is -2.20. The number of H-pyrrole nitrogens is 1. The Kier molecular flexibility index (Phi) is 4.36. The minimum absolute atomic E-state index is 0.716. The van der Waals surface area contributed by atoms with Crippen LogP contribution in [0, 0.1) is 5.92 Å². The Bertz CT molecular complexity index is 277. The van der Waals surface area contributed by atoms with Crippen molar-refractivity contribution < 1.29 is 0 Å². The van der Waals surface area contributed by atoms with Gasteiger partial charge in [-0.05, 0) is 38.4 Å². The molecule has 0 saturated carbocycles. The quantitative estimate of drug-likeness (QED) is 0.761. The molecule has 1 aromatic heterocycles. The highest BCUT2D eigenvalue weighted by atomic mass is 15.1. The Morgan fingerprint density at radius 3 is 3.00 bits per heavy atom. The number of aromatic amines is 1. The van der Waals surface area contributed by atoms with E-state index in [-0.39, 0.29) is 0 Å². The number of hydrogen-bond donors (Lipinski definition) is 2. The zero-order valence-electron chi connectivity index (χ0n) is 10.1. The molecule has 2 rings (SSSR count). The molecule has 1 aliphatic heterocycles. The molecular weight excluding hydrogens is 200 g/mol. The van der Waals surface area contributed by atoms with Crippen molar-refractivity contribution >= 4 is 0 Å². The lowest BCUT2D eigenvalue weighted by molar-refractivity contribution is 0.282. The van der Waals surface area contributed by atoms with E-state index >= 15 is 0 Å². The van der Waals surface area contributed by atoms with Gasteiger partial charge in [0.25, 0.3) is 0 Å². The molecule has 0 amide bonds. The minimum Gasteiger partial charge on any atom is -0.348 e. The van der Waals surface area contributed by atoms with Crippen molar-refractivity contribution in [2.75, 3.05) is 26.2 Å². The second-order valence-corrected chi connectivity index (χ2v) is 4.78. The van der Waals surface area contributed by atoms with Crippen molar-refractivity contribution in [3.63, 3.8) is 0 Å². The fourth-order valence-electron chi connectivity index (χ4n) is 2.30. The molecule has 0 aromatic carbocycles. The third-order valence-corrected chi connectivity index (χ3v) is 3.11. The fourth-order valence-corrected chi connectivity index (χ4v) is 2.30. The van der Waals surface area contributed by atoms with Gasteiger partial charge in [-0.2, -0.15) is 0 Å². The summed E-state index contributed by atoms with van der Waals surface area (Å²) in [6.07, 6.45) is 6.43. The molecule has 1 aromatic rings. The molecule has 1 atom stereocenters. The van der Waals surface area contributed by atoms with Crippen LogP contribution in [0.2, 0.25) is 0 Å². The van der Waals surface area contributed by atoms with E-state index in [4.69, 9.17) is 0 Å². The Balaban J connectivity index is 1.58. The molecular formula is C12H22N4. The molecule has 16 heavy (non-hydrogen) atoms. The normalized spacial score (nSPS) is 19.1. The molecule has 2 N–H and O–H groups in total. The van der Waals surface area contributed by atoms with Crippen LogP contribution in [0.15, 0.2) is 12.4 Å². The molecule has 0 spiro atoms. The molecule has 1 aliphatic rings. The highest BCUT2D eigenvalue weighted by molar-refractivity contribution is 4.86. The minimum atomic E-state index is 0.716. The number of hydrogen-bond acceptors (Lipinski definition) is 3. The maximum Gasteiger partial charge on any atom is 0.120 e. The first-order valence-corrected chi connectivity index (χ1v) is 6.26. The Morgan fingerprint density at radius 2 is 2.31 bits per heavy atom. The number of nitrogens with zero attached hydrogens (tertiary/aromatic N) is 2. The second kappa shape index (κ2) is 6.01. The maximum atomic E-state index is 4.19. The van der Waals surface area contributed by atoms with Crippen molar-refractivity contribution in [2.45, 2.75) is 26.3 Å². The van der Waals surface area contributed by atoms with Crippen LogP contribution >= 0.6 is 0 Å². The molecule has 0 radical (unpaired) electrons. The van der Waals surface area contributed by atoms with E-state index in [0.717, 1.165) is 18.9 Å². The van der Waals surface area contributed by atoms with Gasteiger partial charge in [-0.25, -0.2) is 4.98 Å². The van der Waals surface area contributed by atoms with Crippen molar-refractivity contribution in [1.82, 2.24) is 20.2 Å². The molecule has 1 fully saturated rings. The van der Waals surface area contributed by atoms with Crippen LogP contribution in [0.25, 0.3) is 0 Å². The van der Waals surface area contributed by atoms with Gasteiger partial charge in [0.1, 0.15) is 5.82 Å². The largest absolute Gasteiger partial charge is 0.348 e. The zero-order valence-corrected chi connectivity index (χ0v) is 10.1. The van der Waals surface area contributed by atoms with E-state index in [1.807, 2.05) is 6.20 Å². The molecule has 1 saturated heterocycles. The monoisotopic (exact) mass is 222 g/mol. The number of imidazole rings is 1. The summed E-state index contributed by atoms with van der Waals surface area (Å²) in [6, 6.07) is 0. The van der Waals surface area contributed by atoms with Gasteiger partial charge in [0.2, 0.25) is 0 Å². The molecule has 0 aliphatic carbocycles. The van der Waals surface area contributed by atoms with E-state index in [2.05, 4.69) is 27.1 Å². The number of nitrogens with one attached hydrogen (secondary N) is 2. The standard InChI is InChI=1S/C12H22N4/c1-11(10-16-6-2-3-7-16)8-13-9-12-14-4-5-15-12/h4-5,11,13H,2-3,6-10H2,1H3,(H,14,15). The van der Waals surface area contributed by atoms with E-state index in [1.54, 1.807) is 6.20 Å². The predicted molar refractivity (Wildman–Crippen MR) is 65.1 cm³/mol. The van der Waals surface area contributed by atoms with E-state index < -0.39 is 0 Å². The van der Waals surface area contributed by atoms with Crippen LogP contribution in [0.5, 0.6) is 0 Å². The summed E-state index contributed by atoms with van der Waals surface area (Å²) < 4.78 is 0. The van der Waals surface area contributed by atoms with Crippen LogP contribution in [-0.2, 0) is 6.54 Å². The Hall–Kier alpha value is -0.870. The summed E-state index contributed by atoms with van der Waals surface area (Å²) in [5, 5.41) is 3.44. The van der Waals surface area contributed by atoms with Gasteiger partial charge in [-0.1, -0.05) is 6.92 Å². The zero-order chi connectivity index (χ0) is 11.2. The molecule has 4 heteroatoms. The van der Waals surface area contributed by atoms with E-state index in [1.165, 1.54) is 32.5 Å². The molecule has 0 bridgehead atoms. The van der Waals surface area contributed by atoms with Crippen molar-refractivity contribution in [3.05, 3.63) is 18.2 Å². The summed E-state index contributed by atoms with van der Waals surface area (Å²) in [5.41, 5.74) is 0. The van der Waals surface area contributed by atoms with E-state index in [9.17, 15) is 0 Å². The van der Waals surface area contributed by atoms with Crippen LogP contribution < -0.4 is 5.32 Å². The van der Waals surface area contributed by atoms with Crippen LogP contribution in [0.4, 0.5) is 0 Å².